The highest BCUT2D eigenvalue weighted by atomic mass is 32.2. The first-order chi connectivity index (χ1) is 15.5. The van der Waals surface area contributed by atoms with E-state index in [0.717, 1.165) is 17.5 Å². The van der Waals surface area contributed by atoms with Crippen molar-refractivity contribution in [2.75, 3.05) is 24.2 Å². The Kier molecular flexibility index (Phi) is 8.44. The zero-order valence-electron chi connectivity index (χ0n) is 18.7. The molecule has 0 spiro atoms. The summed E-state index contributed by atoms with van der Waals surface area (Å²) in [7, 11) is 0. The molecule has 0 unspecified atom stereocenters. The Morgan fingerprint density at radius 2 is 1.66 bits per heavy atom. The van der Waals surface area contributed by atoms with Gasteiger partial charge in [-0.3, -0.25) is 9.59 Å². The standard InChI is InChI=1S/C24H29N5O2S/c1-4-28(5-2)23(31)19-12-14-20(15-13-19)25-22(30)17-32-24-27-26-21(29(24)6-3)16-18-10-8-7-9-11-18/h7-15H,4-6,16-17H2,1-3H3,(H,25,30). The zero-order valence-corrected chi connectivity index (χ0v) is 19.6. The molecule has 7 nitrogen and oxygen atoms in total. The summed E-state index contributed by atoms with van der Waals surface area (Å²) in [5, 5.41) is 12.2. The van der Waals surface area contributed by atoms with Gasteiger partial charge in [0.25, 0.3) is 5.91 Å². The van der Waals surface area contributed by atoms with Gasteiger partial charge in [0.05, 0.1) is 5.75 Å². The monoisotopic (exact) mass is 451 g/mol. The molecule has 2 amide bonds. The van der Waals surface area contributed by atoms with Gasteiger partial charge >= 0.3 is 0 Å². The minimum absolute atomic E-state index is 0.00589. The summed E-state index contributed by atoms with van der Waals surface area (Å²) in [6.07, 6.45) is 0.701. The second kappa shape index (κ2) is 11.5. The summed E-state index contributed by atoms with van der Waals surface area (Å²) in [5.41, 5.74) is 2.45. The number of benzene rings is 2. The number of hydrogen-bond acceptors (Lipinski definition) is 5. The molecule has 0 aliphatic heterocycles. The van der Waals surface area contributed by atoms with Gasteiger partial charge in [0.1, 0.15) is 5.82 Å². The number of carbonyl (C=O) groups excluding carboxylic acids is 2. The normalized spacial score (nSPS) is 10.7. The highest BCUT2D eigenvalue weighted by molar-refractivity contribution is 7.99. The first kappa shape index (κ1) is 23.5. The summed E-state index contributed by atoms with van der Waals surface area (Å²) in [6.45, 7) is 8.03. The van der Waals surface area contributed by atoms with Crippen molar-refractivity contribution in [3.63, 3.8) is 0 Å². The Labute approximate surface area is 193 Å². The predicted octanol–water partition coefficient (Wildman–Crippen LogP) is 4.10. The molecule has 0 saturated heterocycles. The number of rotatable bonds is 10. The van der Waals surface area contributed by atoms with Crippen LogP contribution in [0.5, 0.6) is 0 Å². The third kappa shape index (κ3) is 5.97. The number of nitrogens with zero attached hydrogens (tertiary/aromatic N) is 4. The largest absolute Gasteiger partial charge is 0.339 e. The molecule has 0 saturated carbocycles. The van der Waals surface area contributed by atoms with Crippen LogP contribution >= 0.6 is 11.8 Å². The molecule has 3 rings (SSSR count). The van der Waals surface area contributed by atoms with Gasteiger partial charge in [-0.1, -0.05) is 42.1 Å². The third-order valence-corrected chi connectivity index (χ3v) is 6.08. The van der Waals surface area contributed by atoms with Crippen LogP contribution in [0.3, 0.4) is 0 Å². The molecule has 0 aliphatic rings. The van der Waals surface area contributed by atoms with E-state index >= 15 is 0 Å². The summed E-state index contributed by atoms with van der Waals surface area (Å²) < 4.78 is 2.04. The molecule has 0 fully saturated rings. The first-order valence-electron chi connectivity index (χ1n) is 10.8. The smallest absolute Gasteiger partial charge is 0.253 e. The molecule has 1 N–H and O–H groups in total. The van der Waals surface area contributed by atoms with Crippen LogP contribution in [-0.2, 0) is 17.8 Å². The molecule has 2 aromatic carbocycles. The van der Waals surface area contributed by atoms with Crippen LogP contribution in [0.15, 0.2) is 59.8 Å². The number of nitrogens with one attached hydrogen (secondary N) is 1. The van der Waals surface area contributed by atoms with Crippen LogP contribution in [-0.4, -0.2) is 50.3 Å². The maximum Gasteiger partial charge on any atom is 0.253 e. The van der Waals surface area contributed by atoms with E-state index in [2.05, 4.69) is 27.6 Å². The molecule has 0 radical (unpaired) electrons. The van der Waals surface area contributed by atoms with Crippen molar-refractivity contribution in [3.05, 3.63) is 71.5 Å². The van der Waals surface area contributed by atoms with Gasteiger partial charge in [0.15, 0.2) is 5.16 Å². The molecule has 168 valence electrons. The van der Waals surface area contributed by atoms with Gasteiger partial charge in [-0.25, -0.2) is 0 Å². The Morgan fingerprint density at radius 1 is 0.969 bits per heavy atom. The Balaban J connectivity index is 1.56. The van der Waals surface area contributed by atoms with Crippen molar-refractivity contribution in [2.24, 2.45) is 0 Å². The minimum Gasteiger partial charge on any atom is -0.339 e. The van der Waals surface area contributed by atoms with Gasteiger partial charge < -0.3 is 14.8 Å². The summed E-state index contributed by atoms with van der Waals surface area (Å²) in [4.78, 5) is 26.6. The molecule has 0 aliphatic carbocycles. The van der Waals surface area contributed by atoms with Crippen molar-refractivity contribution < 1.29 is 9.59 Å². The quantitative estimate of drug-likeness (QED) is 0.470. The average Bonchev–Trinajstić information content (AvgIpc) is 3.21. The number of hydrogen-bond donors (Lipinski definition) is 1. The van der Waals surface area contributed by atoms with Crippen molar-refractivity contribution in [2.45, 2.75) is 38.9 Å². The van der Waals surface area contributed by atoms with Crippen molar-refractivity contribution >= 4 is 29.3 Å². The Bertz CT molecular complexity index is 1030. The van der Waals surface area contributed by atoms with Crippen LogP contribution < -0.4 is 5.32 Å². The van der Waals surface area contributed by atoms with E-state index in [4.69, 9.17) is 0 Å². The van der Waals surface area contributed by atoms with Crippen LogP contribution in [0.1, 0.15) is 42.5 Å². The van der Waals surface area contributed by atoms with Crippen molar-refractivity contribution in [3.8, 4) is 0 Å². The van der Waals surface area contributed by atoms with Gasteiger partial charge in [-0.05, 0) is 50.6 Å². The molecule has 32 heavy (non-hydrogen) atoms. The number of carbonyl (C=O) groups is 2. The van der Waals surface area contributed by atoms with E-state index in [9.17, 15) is 9.59 Å². The van der Waals surface area contributed by atoms with Crippen molar-refractivity contribution in [1.29, 1.82) is 0 Å². The van der Waals surface area contributed by atoms with E-state index < -0.39 is 0 Å². The maximum atomic E-state index is 12.4. The lowest BCUT2D eigenvalue weighted by molar-refractivity contribution is -0.113. The molecule has 8 heteroatoms. The highest BCUT2D eigenvalue weighted by Gasteiger charge is 2.15. The number of aromatic nitrogens is 3. The first-order valence-corrected chi connectivity index (χ1v) is 11.8. The zero-order chi connectivity index (χ0) is 22.9. The Morgan fingerprint density at radius 3 is 2.28 bits per heavy atom. The minimum atomic E-state index is -0.131. The fourth-order valence-corrected chi connectivity index (χ4v) is 4.19. The van der Waals surface area contributed by atoms with Crippen LogP contribution in [0, 0.1) is 0 Å². The number of amides is 2. The molecule has 1 aromatic heterocycles. The van der Waals surface area contributed by atoms with E-state index in [1.54, 1.807) is 29.2 Å². The number of anilines is 1. The molecular formula is C24H29N5O2S. The lowest BCUT2D eigenvalue weighted by Gasteiger charge is -2.18. The van der Waals surface area contributed by atoms with Crippen LogP contribution in [0.25, 0.3) is 0 Å². The Hall–Kier alpha value is -3.13. The highest BCUT2D eigenvalue weighted by Crippen LogP contribution is 2.20. The summed E-state index contributed by atoms with van der Waals surface area (Å²) >= 11 is 1.36. The molecular weight excluding hydrogens is 422 g/mol. The van der Waals surface area contributed by atoms with Crippen molar-refractivity contribution in [1.82, 2.24) is 19.7 Å². The van der Waals surface area contributed by atoms with E-state index in [1.807, 2.05) is 43.5 Å². The fraction of sp³-hybridized carbons (Fsp3) is 0.333. The van der Waals surface area contributed by atoms with Crippen LogP contribution in [0.4, 0.5) is 5.69 Å². The lowest BCUT2D eigenvalue weighted by Crippen LogP contribution is -2.30. The SMILES string of the molecule is CCN(CC)C(=O)c1ccc(NC(=O)CSc2nnc(Cc3ccccc3)n2CC)cc1. The third-order valence-electron chi connectivity index (χ3n) is 5.11. The lowest BCUT2D eigenvalue weighted by atomic mass is 10.1. The van der Waals surface area contributed by atoms with Gasteiger partial charge in [-0.15, -0.1) is 10.2 Å². The fourth-order valence-electron chi connectivity index (χ4n) is 3.37. The summed E-state index contributed by atoms with van der Waals surface area (Å²) in [5.74, 6) is 0.973. The molecule has 0 atom stereocenters. The van der Waals surface area contributed by atoms with Gasteiger partial charge in [-0.2, -0.15) is 0 Å². The molecule has 0 bridgehead atoms. The van der Waals surface area contributed by atoms with E-state index in [0.29, 0.717) is 30.8 Å². The maximum absolute atomic E-state index is 12.4. The van der Waals surface area contributed by atoms with Crippen LogP contribution in [0.2, 0.25) is 0 Å². The summed E-state index contributed by atoms with van der Waals surface area (Å²) in [6, 6.07) is 17.1. The second-order valence-electron chi connectivity index (χ2n) is 7.20. The predicted molar refractivity (Wildman–Crippen MR) is 128 cm³/mol. The van der Waals surface area contributed by atoms with E-state index in [1.165, 1.54) is 17.3 Å². The van der Waals surface area contributed by atoms with Gasteiger partial charge in [0.2, 0.25) is 5.91 Å². The molecule has 3 aromatic rings. The second-order valence-corrected chi connectivity index (χ2v) is 8.14. The average molecular weight is 452 g/mol. The van der Waals surface area contributed by atoms with E-state index in [-0.39, 0.29) is 17.6 Å². The molecule has 1 heterocycles. The van der Waals surface area contributed by atoms with Gasteiger partial charge in [0, 0.05) is 37.3 Å². The number of thioether (sulfide) groups is 1. The topological polar surface area (TPSA) is 80.1 Å².